The molecule has 0 radical (unpaired) electrons. The number of ether oxygens (including phenoxy) is 2. The summed E-state index contributed by atoms with van der Waals surface area (Å²) >= 11 is 0. The molecule has 9 nitrogen and oxygen atoms in total. The standard InChI is InChI=1S/C18H29N5O4/c1-11(2)27-17(24)10-26-18(25)15-8-14-7-12(3-5-13(14)9-19-15)4-6-16-20-22-23-21-16/h11-15,19H,3-10H2,1-2H3,(H,20,21,22,23)/t12-,13+,14-,15+/m1/s1/i15D. The van der Waals surface area contributed by atoms with Crippen LogP contribution in [0.3, 0.4) is 0 Å². The number of nitrogens with one attached hydrogen (secondary N) is 2. The number of rotatable bonds is 7. The Labute approximate surface area is 160 Å². The molecule has 1 aliphatic carbocycles. The van der Waals surface area contributed by atoms with Crippen LogP contribution in [0.15, 0.2) is 0 Å². The van der Waals surface area contributed by atoms with E-state index in [9.17, 15) is 9.59 Å². The minimum Gasteiger partial charge on any atom is -0.460 e. The SMILES string of the molecule is [2H][C@@]1(C(=O)OCC(=O)OC(C)C)C[C@H]2C[C@@H](CCc3nn[nH]n3)CC[C@H]2CN1. The van der Waals surface area contributed by atoms with Crippen LogP contribution in [0.5, 0.6) is 0 Å². The maximum atomic E-state index is 12.4. The number of H-pyrrole nitrogens is 1. The van der Waals surface area contributed by atoms with Gasteiger partial charge in [-0.05, 0) is 63.8 Å². The van der Waals surface area contributed by atoms with Crippen LogP contribution >= 0.6 is 0 Å². The fraction of sp³-hybridized carbons (Fsp3) is 0.833. The van der Waals surface area contributed by atoms with Crippen LogP contribution < -0.4 is 5.32 Å². The predicted molar refractivity (Wildman–Crippen MR) is 95.4 cm³/mol. The number of aromatic nitrogens is 4. The molecule has 4 atom stereocenters. The summed E-state index contributed by atoms with van der Waals surface area (Å²) in [6, 6.07) is -1.51. The first kappa shape index (κ1) is 18.3. The first-order valence-electron chi connectivity index (χ1n) is 10.2. The summed E-state index contributed by atoms with van der Waals surface area (Å²) in [7, 11) is 0. The molecular formula is C18H29N5O4. The minimum absolute atomic E-state index is 0.267. The summed E-state index contributed by atoms with van der Waals surface area (Å²) in [5.41, 5.74) is 0. The monoisotopic (exact) mass is 380 g/mol. The molecule has 0 amide bonds. The Balaban J connectivity index is 1.50. The Morgan fingerprint density at radius 3 is 2.89 bits per heavy atom. The van der Waals surface area contributed by atoms with Gasteiger partial charge in [-0.1, -0.05) is 11.6 Å². The van der Waals surface area contributed by atoms with Gasteiger partial charge in [-0.25, -0.2) is 4.79 Å². The summed E-state index contributed by atoms with van der Waals surface area (Å²) in [6.07, 6.45) is 5.09. The third kappa shape index (κ3) is 5.72. The highest BCUT2D eigenvalue weighted by molar-refractivity contribution is 5.79. The Morgan fingerprint density at radius 1 is 1.30 bits per heavy atom. The highest BCUT2D eigenvalue weighted by Gasteiger charge is 2.38. The molecule has 0 spiro atoms. The number of aryl methyl sites for hydroxylation is 1. The molecule has 9 heteroatoms. The molecule has 27 heavy (non-hydrogen) atoms. The fourth-order valence-corrected chi connectivity index (χ4v) is 4.08. The number of nitrogens with zero attached hydrogens (tertiary/aromatic N) is 3. The number of fused-ring (bicyclic) bond motifs is 1. The van der Waals surface area contributed by atoms with Gasteiger partial charge in [0.15, 0.2) is 12.4 Å². The van der Waals surface area contributed by atoms with E-state index in [4.69, 9.17) is 10.8 Å². The van der Waals surface area contributed by atoms with Gasteiger partial charge >= 0.3 is 11.9 Å². The lowest BCUT2D eigenvalue weighted by molar-refractivity contribution is -0.163. The van der Waals surface area contributed by atoms with Crippen molar-refractivity contribution < 1.29 is 20.4 Å². The number of carbonyl (C=O) groups excluding carboxylic acids is 2. The third-order valence-electron chi connectivity index (χ3n) is 5.39. The van der Waals surface area contributed by atoms with Gasteiger partial charge in [0.05, 0.1) is 7.47 Å². The van der Waals surface area contributed by atoms with E-state index in [-0.39, 0.29) is 12.0 Å². The first-order valence-corrected chi connectivity index (χ1v) is 9.70. The largest absolute Gasteiger partial charge is 0.460 e. The number of tetrazole rings is 1. The highest BCUT2D eigenvalue weighted by atomic mass is 16.6. The normalized spacial score (nSPS) is 31.1. The van der Waals surface area contributed by atoms with Gasteiger partial charge in [0.1, 0.15) is 6.02 Å². The van der Waals surface area contributed by atoms with Crippen LogP contribution in [0.1, 0.15) is 53.1 Å². The molecule has 1 saturated heterocycles. The van der Waals surface area contributed by atoms with E-state index in [1.807, 2.05) is 0 Å². The van der Waals surface area contributed by atoms with Gasteiger partial charge in [0, 0.05) is 6.42 Å². The van der Waals surface area contributed by atoms with Gasteiger partial charge in [-0.15, -0.1) is 10.2 Å². The van der Waals surface area contributed by atoms with Crippen molar-refractivity contribution in [2.75, 3.05) is 13.2 Å². The molecule has 1 aliphatic heterocycles. The molecule has 1 aromatic heterocycles. The van der Waals surface area contributed by atoms with E-state index < -0.39 is 24.6 Å². The Morgan fingerprint density at radius 2 is 2.15 bits per heavy atom. The molecule has 150 valence electrons. The summed E-state index contributed by atoms with van der Waals surface area (Å²) in [5, 5.41) is 17.1. The van der Waals surface area contributed by atoms with E-state index in [2.05, 4.69) is 25.9 Å². The molecule has 1 aromatic rings. The molecule has 2 heterocycles. The van der Waals surface area contributed by atoms with E-state index in [0.29, 0.717) is 24.8 Å². The second-order valence-electron chi connectivity index (χ2n) is 7.74. The number of esters is 2. The minimum atomic E-state index is -1.51. The van der Waals surface area contributed by atoms with Gasteiger partial charge < -0.3 is 14.8 Å². The molecule has 2 aliphatic rings. The fourth-order valence-electron chi connectivity index (χ4n) is 4.08. The average Bonchev–Trinajstić information content (AvgIpc) is 3.17. The lowest BCUT2D eigenvalue weighted by atomic mass is 9.69. The Hall–Kier alpha value is -2.03. The zero-order valence-electron chi connectivity index (χ0n) is 16.9. The molecule has 0 aromatic carbocycles. The Kier molecular flexibility index (Phi) is 6.28. The smallest absolute Gasteiger partial charge is 0.344 e. The van der Waals surface area contributed by atoms with E-state index in [0.717, 1.165) is 37.9 Å². The lowest BCUT2D eigenvalue weighted by Crippen LogP contribution is -2.50. The second kappa shape index (κ2) is 9.25. The summed E-state index contributed by atoms with van der Waals surface area (Å²) in [4.78, 5) is 24.0. The van der Waals surface area contributed by atoms with Crippen molar-refractivity contribution in [2.45, 2.75) is 64.5 Å². The van der Waals surface area contributed by atoms with E-state index in [1.165, 1.54) is 0 Å². The van der Waals surface area contributed by atoms with Gasteiger partial charge in [0.25, 0.3) is 0 Å². The van der Waals surface area contributed by atoms with Gasteiger partial charge in [0.2, 0.25) is 0 Å². The van der Waals surface area contributed by atoms with Crippen LogP contribution in [-0.4, -0.2) is 57.8 Å². The number of carbonyl (C=O) groups is 2. The number of aromatic amines is 1. The number of hydrogen-bond acceptors (Lipinski definition) is 8. The van der Waals surface area contributed by atoms with Crippen molar-refractivity contribution in [3.05, 3.63) is 5.82 Å². The number of hydrogen-bond donors (Lipinski definition) is 2. The van der Waals surface area contributed by atoms with Gasteiger partial charge in [-0.3, -0.25) is 4.79 Å². The topological polar surface area (TPSA) is 119 Å². The van der Waals surface area contributed by atoms with Crippen molar-refractivity contribution in [3.63, 3.8) is 0 Å². The van der Waals surface area contributed by atoms with Crippen LogP contribution in [0.25, 0.3) is 0 Å². The maximum absolute atomic E-state index is 12.4. The molecule has 0 unspecified atom stereocenters. The molecule has 2 N–H and O–H groups in total. The van der Waals surface area contributed by atoms with Gasteiger partial charge in [-0.2, -0.15) is 5.21 Å². The zero-order chi connectivity index (χ0) is 20.1. The molecule has 1 saturated carbocycles. The summed E-state index contributed by atoms with van der Waals surface area (Å²) in [5.74, 6) is 0.704. The number of piperidine rings is 1. The maximum Gasteiger partial charge on any atom is 0.344 e. The second-order valence-corrected chi connectivity index (χ2v) is 7.74. The van der Waals surface area contributed by atoms with Crippen molar-refractivity contribution in [1.82, 2.24) is 25.9 Å². The molecule has 2 fully saturated rings. The van der Waals surface area contributed by atoms with Crippen LogP contribution in [0.2, 0.25) is 0 Å². The molecule has 0 bridgehead atoms. The van der Waals surface area contributed by atoms with Crippen molar-refractivity contribution >= 4 is 11.9 Å². The lowest BCUT2D eigenvalue weighted by Gasteiger charge is -2.42. The van der Waals surface area contributed by atoms with E-state index >= 15 is 0 Å². The van der Waals surface area contributed by atoms with Crippen molar-refractivity contribution in [2.24, 2.45) is 17.8 Å². The van der Waals surface area contributed by atoms with Crippen molar-refractivity contribution in [1.29, 1.82) is 0 Å². The Bertz CT molecular complexity index is 671. The van der Waals surface area contributed by atoms with Crippen molar-refractivity contribution in [3.8, 4) is 0 Å². The quantitative estimate of drug-likeness (QED) is 0.673. The summed E-state index contributed by atoms with van der Waals surface area (Å²) in [6.45, 7) is 3.62. The van der Waals surface area contributed by atoms with E-state index in [1.54, 1.807) is 13.8 Å². The first-order chi connectivity index (χ1) is 13.4. The molecular weight excluding hydrogens is 350 g/mol. The van der Waals surface area contributed by atoms with Crippen LogP contribution in [0.4, 0.5) is 0 Å². The molecule has 3 rings (SSSR count). The average molecular weight is 380 g/mol. The zero-order valence-corrected chi connectivity index (χ0v) is 15.9. The highest BCUT2D eigenvalue weighted by Crippen LogP contribution is 2.40. The predicted octanol–water partition coefficient (Wildman–Crippen LogP) is 1.02. The third-order valence-corrected chi connectivity index (χ3v) is 5.39. The van der Waals surface area contributed by atoms with Crippen LogP contribution in [0, 0.1) is 17.8 Å². The summed E-state index contributed by atoms with van der Waals surface area (Å²) < 4.78 is 18.6. The van der Waals surface area contributed by atoms with Crippen LogP contribution in [-0.2, 0) is 25.5 Å².